The molecule has 0 unspecified atom stereocenters. The highest BCUT2D eigenvalue weighted by Gasteiger charge is 2.36. The molecule has 2 aliphatic rings. The summed E-state index contributed by atoms with van der Waals surface area (Å²) < 4.78 is 0. The second kappa shape index (κ2) is 13.9. The monoisotopic (exact) mass is 768 g/mol. The van der Waals surface area contributed by atoms with Crippen LogP contribution in [0.5, 0.6) is 0 Å². The van der Waals surface area contributed by atoms with E-state index in [1.807, 2.05) is 54.6 Å². The number of hydrogen-bond acceptors (Lipinski definition) is 2. The minimum absolute atomic E-state index is 0.0866. The minimum Gasteiger partial charge on any atom is -0.397 e. The summed E-state index contributed by atoms with van der Waals surface area (Å²) in [7, 11) is 0. The Hall–Kier alpha value is -7.42. The number of rotatable bonds is 4. The van der Waals surface area contributed by atoms with Crippen LogP contribution in [0.4, 0.5) is 17.1 Å². The Morgan fingerprint density at radius 2 is 0.967 bits per heavy atom. The number of hydrogen-bond donors (Lipinski definition) is 2. The van der Waals surface area contributed by atoms with Gasteiger partial charge in [-0.3, -0.25) is 0 Å². The molecule has 286 valence electrons. The van der Waals surface area contributed by atoms with Crippen molar-refractivity contribution in [3.63, 3.8) is 0 Å². The van der Waals surface area contributed by atoms with Crippen molar-refractivity contribution in [3.05, 3.63) is 211 Å². The molecule has 12 rings (SSSR count). The van der Waals surface area contributed by atoms with E-state index in [0.29, 0.717) is 0 Å². The van der Waals surface area contributed by atoms with Crippen LogP contribution in [0.25, 0.3) is 88.0 Å². The van der Waals surface area contributed by atoms with Gasteiger partial charge in [-0.05, 0) is 142 Å². The van der Waals surface area contributed by atoms with Crippen LogP contribution in [0.3, 0.4) is 0 Å². The number of nitrogens with two attached hydrogens (primary N) is 1. The molecule has 0 bridgehead atoms. The molecule has 0 heterocycles. The number of fused-ring (bicyclic) bond motifs is 8. The minimum atomic E-state index is -0.0866. The largest absolute Gasteiger partial charge is 0.397 e. The summed E-state index contributed by atoms with van der Waals surface area (Å²) in [5.74, 6) is 0. The predicted octanol–water partition coefficient (Wildman–Crippen LogP) is 15.8. The van der Waals surface area contributed by atoms with Crippen LogP contribution >= 0.6 is 0 Å². The topological polar surface area (TPSA) is 38.0 Å². The number of para-hydroxylation sites is 3. The lowest BCUT2D eigenvalue weighted by Gasteiger charge is -2.24. The van der Waals surface area contributed by atoms with E-state index in [9.17, 15) is 0 Å². The highest BCUT2D eigenvalue weighted by atomic mass is 14.9. The zero-order chi connectivity index (χ0) is 40.5. The molecule has 3 N–H and O–H groups in total. The van der Waals surface area contributed by atoms with Gasteiger partial charge in [-0.25, -0.2) is 0 Å². The molecular weight excluding hydrogens is 725 g/mol. The lowest BCUT2D eigenvalue weighted by atomic mass is 9.79. The van der Waals surface area contributed by atoms with Gasteiger partial charge in [-0.15, -0.1) is 0 Å². The first-order valence-corrected chi connectivity index (χ1v) is 20.9. The van der Waals surface area contributed by atoms with Crippen LogP contribution in [0.15, 0.2) is 194 Å². The molecule has 0 atom stereocenters. The van der Waals surface area contributed by atoms with Crippen molar-refractivity contribution in [1.29, 1.82) is 0 Å². The molecule has 10 aromatic rings. The first-order chi connectivity index (χ1) is 29.4. The summed E-state index contributed by atoms with van der Waals surface area (Å²) in [4.78, 5) is 0. The number of nitrogen functional groups attached to an aromatic ring is 1. The third-order valence-corrected chi connectivity index (χ3v) is 12.9. The van der Waals surface area contributed by atoms with Gasteiger partial charge in [0.25, 0.3) is 0 Å². The number of aryl methyl sites for hydroxylation is 1. The Balaban J connectivity index is 0.000000248. The number of anilines is 3. The number of benzene rings is 10. The first-order valence-electron chi connectivity index (χ1n) is 20.9. The van der Waals surface area contributed by atoms with E-state index in [0.717, 1.165) is 17.1 Å². The molecule has 0 saturated heterocycles. The van der Waals surface area contributed by atoms with E-state index in [1.54, 1.807) is 0 Å². The highest BCUT2D eigenvalue weighted by Crippen LogP contribution is 2.55. The van der Waals surface area contributed by atoms with Crippen molar-refractivity contribution in [2.45, 2.75) is 26.2 Å². The zero-order valence-electron chi connectivity index (χ0n) is 34.1. The molecule has 0 aliphatic heterocycles. The molecule has 0 saturated carbocycles. The average molecular weight is 769 g/mol. The average Bonchev–Trinajstić information content (AvgIpc) is 3.73. The second-order valence-electron chi connectivity index (χ2n) is 16.8. The predicted molar refractivity (Wildman–Crippen MR) is 257 cm³/mol. The summed E-state index contributed by atoms with van der Waals surface area (Å²) in [5.41, 5.74) is 25.8. The van der Waals surface area contributed by atoms with Gasteiger partial charge in [-0.1, -0.05) is 177 Å². The summed E-state index contributed by atoms with van der Waals surface area (Å²) in [6.07, 6.45) is 0. The van der Waals surface area contributed by atoms with Crippen LogP contribution in [-0.4, -0.2) is 0 Å². The zero-order valence-corrected chi connectivity index (χ0v) is 34.1. The van der Waals surface area contributed by atoms with E-state index < -0.39 is 0 Å². The second-order valence-corrected chi connectivity index (χ2v) is 16.8. The van der Waals surface area contributed by atoms with Crippen molar-refractivity contribution in [3.8, 4) is 55.6 Å². The smallest absolute Gasteiger partial charge is 0.0617 e. The van der Waals surface area contributed by atoms with Crippen molar-refractivity contribution >= 4 is 49.4 Å². The highest BCUT2D eigenvalue weighted by molar-refractivity contribution is 6.27. The van der Waals surface area contributed by atoms with E-state index >= 15 is 0 Å². The third-order valence-electron chi connectivity index (χ3n) is 12.9. The Morgan fingerprint density at radius 3 is 1.72 bits per heavy atom. The maximum atomic E-state index is 5.81. The van der Waals surface area contributed by atoms with Crippen LogP contribution in [-0.2, 0) is 5.41 Å². The van der Waals surface area contributed by atoms with E-state index in [1.165, 1.54) is 105 Å². The van der Waals surface area contributed by atoms with Gasteiger partial charge in [0, 0.05) is 11.1 Å². The van der Waals surface area contributed by atoms with Gasteiger partial charge in [0.2, 0.25) is 0 Å². The van der Waals surface area contributed by atoms with Gasteiger partial charge in [-0.2, -0.15) is 0 Å². The maximum Gasteiger partial charge on any atom is 0.0617 e. The molecule has 0 aromatic heterocycles. The SMILES string of the molecule is Cc1ccc(-c2c3ccccc3c(-c3ccc4c5c(cccc35)-c3ccccc3-4)c3cc4c(cc23)-c2ccccc2C4(C)C)cc1.Nc1ccccc1Nc1ccccc1. The lowest BCUT2D eigenvalue weighted by Crippen LogP contribution is -2.14. The molecule has 0 fully saturated rings. The summed E-state index contributed by atoms with van der Waals surface area (Å²) in [6.45, 7) is 6.95. The van der Waals surface area contributed by atoms with Gasteiger partial charge < -0.3 is 11.1 Å². The molecule has 10 aromatic carbocycles. The van der Waals surface area contributed by atoms with Crippen molar-refractivity contribution in [1.82, 2.24) is 0 Å². The standard InChI is InChI=1S/C46H32.C12H12N2/c1-27-19-21-28(22-20-27)43-33-14-6-7-15-34(33)45(40-26-42-38(25-39(40)43)31-13-8-9-18-41(31)46(42,2)3)37-24-23-36-30-12-5-4-11-29(30)32-16-10-17-35(37)44(32)36;13-11-8-4-5-9-12(11)14-10-6-2-1-3-7-10/h4-26H,1-3H3;1-9,14H,13H2. The van der Waals surface area contributed by atoms with E-state index in [2.05, 4.69) is 166 Å². The van der Waals surface area contributed by atoms with Crippen molar-refractivity contribution < 1.29 is 0 Å². The number of nitrogens with one attached hydrogen (secondary N) is 1. The molecule has 2 heteroatoms. The Bertz CT molecular complexity index is 3290. The molecule has 0 radical (unpaired) electrons. The molecule has 2 nitrogen and oxygen atoms in total. The van der Waals surface area contributed by atoms with Crippen molar-refractivity contribution in [2.75, 3.05) is 11.1 Å². The van der Waals surface area contributed by atoms with E-state index in [4.69, 9.17) is 5.73 Å². The summed E-state index contributed by atoms with van der Waals surface area (Å²) >= 11 is 0. The van der Waals surface area contributed by atoms with Crippen LogP contribution < -0.4 is 11.1 Å². The maximum absolute atomic E-state index is 5.81. The Kier molecular flexibility index (Phi) is 8.25. The summed E-state index contributed by atoms with van der Waals surface area (Å²) in [5, 5.41) is 11.2. The lowest BCUT2D eigenvalue weighted by molar-refractivity contribution is 0.661. The molecule has 0 amide bonds. The van der Waals surface area contributed by atoms with Gasteiger partial charge in [0.05, 0.1) is 11.4 Å². The summed E-state index contributed by atoms with van der Waals surface area (Å²) in [6, 6.07) is 70.4. The molecule has 2 aliphatic carbocycles. The van der Waals surface area contributed by atoms with Crippen molar-refractivity contribution in [2.24, 2.45) is 0 Å². The van der Waals surface area contributed by atoms with Gasteiger partial charge in [0.1, 0.15) is 0 Å². The van der Waals surface area contributed by atoms with E-state index in [-0.39, 0.29) is 5.41 Å². The van der Waals surface area contributed by atoms with Gasteiger partial charge >= 0.3 is 0 Å². The first kappa shape index (κ1) is 35.7. The Labute approximate surface area is 351 Å². The molecule has 0 spiro atoms. The van der Waals surface area contributed by atoms with Gasteiger partial charge in [0.15, 0.2) is 0 Å². The molecule has 60 heavy (non-hydrogen) atoms. The fourth-order valence-corrected chi connectivity index (χ4v) is 10.0. The normalized spacial score (nSPS) is 12.8. The fourth-order valence-electron chi connectivity index (χ4n) is 10.0. The van der Waals surface area contributed by atoms with Crippen LogP contribution in [0.2, 0.25) is 0 Å². The third kappa shape index (κ3) is 5.56. The Morgan fingerprint density at radius 1 is 0.400 bits per heavy atom. The fraction of sp³-hybridized carbons (Fsp3) is 0.0690. The van der Waals surface area contributed by atoms with Crippen LogP contribution in [0.1, 0.15) is 30.5 Å². The quantitative estimate of drug-likeness (QED) is 0.138. The molecular formula is C58H44N2. The van der Waals surface area contributed by atoms with Crippen LogP contribution in [0, 0.1) is 6.92 Å².